The largest absolute Gasteiger partial charge is 0.435 e. The molecule has 3 nitrogen and oxygen atoms in total. The molecule has 1 aliphatic carbocycles. The topological polar surface area (TPSA) is 35.5 Å². The third-order valence-corrected chi connectivity index (χ3v) is 3.68. The molecule has 1 saturated carbocycles. The quantitative estimate of drug-likeness (QED) is 0.449. The van der Waals surface area contributed by atoms with E-state index in [1.165, 1.54) is 0 Å². The van der Waals surface area contributed by atoms with E-state index in [1.807, 2.05) is 6.92 Å². The average Bonchev–Trinajstić information content (AvgIpc) is 2.28. The summed E-state index contributed by atoms with van der Waals surface area (Å²) in [4.78, 5) is 11.1. The molecule has 0 radical (unpaired) electrons. The highest BCUT2D eigenvalue weighted by molar-refractivity contribution is 5.89. The molecule has 20 heavy (non-hydrogen) atoms. The Morgan fingerprint density at radius 1 is 1.40 bits per heavy atom. The maximum atomic E-state index is 12.2. The Morgan fingerprint density at radius 3 is 2.50 bits per heavy atom. The van der Waals surface area contributed by atoms with E-state index in [2.05, 4.69) is 25.2 Å². The molecule has 0 spiro atoms. The van der Waals surface area contributed by atoms with Crippen molar-refractivity contribution < 1.29 is 27.4 Å². The highest BCUT2D eigenvalue weighted by Gasteiger charge is 2.38. The Labute approximate surface area is 117 Å². The van der Waals surface area contributed by atoms with E-state index in [0.717, 1.165) is 19.3 Å². The van der Waals surface area contributed by atoms with E-state index in [9.17, 15) is 18.0 Å². The van der Waals surface area contributed by atoms with E-state index >= 15 is 0 Å². The molecule has 116 valence electrons. The fourth-order valence-electron chi connectivity index (χ4n) is 2.55. The van der Waals surface area contributed by atoms with Crippen molar-refractivity contribution in [3.63, 3.8) is 0 Å². The van der Waals surface area contributed by atoms with E-state index in [-0.39, 0.29) is 17.4 Å². The molecule has 0 bridgehead atoms. The lowest BCUT2D eigenvalue weighted by Crippen LogP contribution is -2.34. The molecule has 1 rings (SSSR count). The van der Waals surface area contributed by atoms with Crippen molar-refractivity contribution >= 4 is 5.97 Å². The van der Waals surface area contributed by atoms with Crippen LogP contribution in [0.5, 0.6) is 0 Å². The summed E-state index contributed by atoms with van der Waals surface area (Å²) < 4.78 is 46.4. The number of esters is 1. The second kappa shape index (κ2) is 6.16. The minimum Gasteiger partial charge on any atom is -0.435 e. The third-order valence-electron chi connectivity index (χ3n) is 3.68. The van der Waals surface area contributed by atoms with Crippen LogP contribution in [-0.4, -0.2) is 25.0 Å². The molecular formula is C14H21F3O3. The zero-order valence-corrected chi connectivity index (χ0v) is 12.0. The third kappa shape index (κ3) is 4.81. The van der Waals surface area contributed by atoms with Gasteiger partial charge in [0.2, 0.25) is 0 Å². The number of rotatable bonds is 4. The first-order chi connectivity index (χ1) is 9.03. The molecule has 0 aliphatic heterocycles. The Balaban J connectivity index is 2.35. The van der Waals surface area contributed by atoms with Gasteiger partial charge < -0.3 is 9.47 Å². The van der Waals surface area contributed by atoms with Crippen molar-refractivity contribution in [3.8, 4) is 0 Å². The minimum atomic E-state index is -4.76. The van der Waals surface area contributed by atoms with Gasteiger partial charge in [-0.05, 0) is 30.6 Å². The molecule has 0 amide bonds. The van der Waals surface area contributed by atoms with E-state index in [4.69, 9.17) is 4.74 Å². The van der Waals surface area contributed by atoms with Gasteiger partial charge in [0.25, 0.3) is 0 Å². The molecule has 2 unspecified atom stereocenters. The highest BCUT2D eigenvalue weighted by Crippen LogP contribution is 2.39. The van der Waals surface area contributed by atoms with Crippen molar-refractivity contribution in [2.75, 3.05) is 6.79 Å². The molecule has 0 aromatic heterocycles. The molecule has 0 aromatic carbocycles. The Bertz CT molecular complexity index is 374. The summed E-state index contributed by atoms with van der Waals surface area (Å²) in [6.07, 6.45) is -2.09. The van der Waals surface area contributed by atoms with Crippen LogP contribution < -0.4 is 0 Å². The van der Waals surface area contributed by atoms with Crippen LogP contribution in [-0.2, 0) is 14.3 Å². The average molecular weight is 294 g/mol. The van der Waals surface area contributed by atoms with E-state index < -0.39 is 24.5 Å². The van der Waals surface area contributed by atoms with E-state index in [0.29, 0.717) is 0 Å². The predicted molar refractivity (Wildman–Crippen MR) is 67.8 cm³/mol. The number of alkyl halides is 3. The van der Waals surface area contributed by atoms with E-state index in [1.54, 1.807) is 0 Å². The molecular weight excluding hydrogens is 273 g/mol. The smallest absolute Gasteiger partial charge is 0.422 e. The first-order valence-corrected chi connectivity index (χ1v) is 6.58. The van der Waals surface area contributed by atoms with Gasteiger partial charge in [-0.25, -0.2) is 4.79 Å². The summed E-state index contributed by atoms with van der Waals surface area (Å²) in [5.41, 5.74) is -1.26. The number of carbonyl (C=O) groups is 1. The van der Waals surface area contributed by atoms with Crippen molar-refractivity contribution in [3.05, 3.63) is 12.2 Å². The minimum absolute atomic E-state index is 0.0880. The van der Waals surface area contributed by atoms with Gasteiger partial charge in [0.15, 0.2) is 6.79 Å². The molecule has 0 N–H and O–H groups in total. The Kier molecular flexibility index (Phi) is 5.24. The molecule has 1 aliphatic rings. The second-order valence-electron chi connectivity index (χ2n) is 6.12. The van der Waals surface area contributed by atoms with Gasteiger partial charge in [0.1, 0.15) is 5.57 Å². The number of halogens is 3. The predicted octanol–water partition coefficient (Wildman–Crippen LogP) is 3.84. The lowest BCUT2D eigenvalue weighted by molar-refractivity contribution is -0.170. The second-order valence-corrected chi connectivity index (χ2v) is 6.12. The molecule has 0 saturated heterocycles. The first kappa shape index (κ1) is 17.0. The van der Waals surface area contributed by atoms with Crippen LogP contribution >= 0.6 is 0 Å². The number of hydrogen-bond acceptors (Lipinski definition) is 3. The number of ether oxygens (including phenoxy) is 2. The first-order valence-electron chi connectivity index (χ1n) is 6.58. The van der Waals surface area contributed by atoms with Gasteiger partial charge >= 0.3 is 12.1 Å². The summed E-state index contributed by atoms with van der Waals surface area (Å²) in [6.45, 7) is 8.58. The monoisotopic (exact) mass is 294 g/mol. The van der Waals surface area contributed by atoms with Crippen LogP contribution in [0.15, 0.2) is 12.2 Å². The lowest BCUT2D eigenvalue weighted by Gasteiger charge is -2.38. The fraction of sp³-hybridized carbons (Fsp3) is 0.786. The standard InChI is InChI=1S/C14H21F3O3/c1-9-7-13(3,4)6-5-11(9)19-8-20-12(18)10(2)14(15,16)17/h9,11H,2,5-8H2,1,3-4H3. The molecule has 6 heteroatoms. The van der Waals surface area contributed by atoms with Gasteiger partial charge in [-0.15, -0.1) is 0 Å². The summed E-state index contributed by atoms with van der Waals surface area (Å²) in [5, 5.41) is 0. The van der Waals surface area contributed by atoms with Crippen molar-refractivity contribution in [1.29, 1.82) is 0 Å². The molecule has 1 fully saturated rings. The van der Waals surface area contributed by atoms with Crippen LogP contribution in [0, 0.1) is 11.3 Å². The van der Waals surface area contributed by atoms with Crippen LogP contribution in [0.25, 0.3) is 0 Å². The van der Waals surface area contributed by atoms with Crippen LogP contribution in [0.2, 0.25) is 0 Å². The van der Waals surface area contributed by atoms with Gasteiger partial charge in [0.05, 0.1) is 6.10 Å². The zero-order chi connectivity index (χ0) is 15.6. The summed E-state index contributed by atoms with van der Waals surface area (Å²) in [6, 6.07) is 0. The molecule has 0 aromatic rings. The number of carbonyl (C=O) groups excluding carboxylic acids is 1. The molecule has 2 atom stereocenters. The maximum Gasteiger partial charge on any atom is 0.422 e. The maximum absolute atomic E-state index is 12.2. The summed E-state index contributed by atoms with van der Waals surface area (Å²) in [5.74, 6) is -1.20. The zero-order valence-electron chi connectivity index (χ0n) is 12.0. The summed E-state index contributed by atoms with van der Waals surface area (Å²) >= 11 is 0. The van der Waals surface area contributed by atoms with Gasteiger partial charge in [-0.2, -0.15) is 13.2 Å². The van der Waals surface area contributed by atoms with Gasteiger partial charge in [0, 0.05) is 0 Å². The van der Waals surface area contributed by atoms with Crippen molar-refractivity contribution in [2.24, 2.45) is 11.3 Å². The Morgan fingerprint density at radius 2 is 2.00 bits per heavy atom. The highest BCUT2D eigenvalue weighted by atomic mass is 19.4. The SMILES string of the molecule is C=C(C(=O)OCOC1CCC(C)(C)CC1C)C(F)(F)F. The van der Waals surface area contributed by atoms with Crippen molar-refractivity contribution in [1.82, 2.24) is 0 Å². The van der Waals surface area contributed by atoms with Crippen LogP contribution in [0.1, 0.15) is 40.0 Å². The van der Waals surface area contributed by atoms with Gasteiger partial charge in [-0.3, -0.25) is 0 Å². The van der Waals surface area contributed by atoms with Crippen LogP contribution in [0.3, 0.4) is 0 Å². The lowest BCUT2D eigenvalue weighted by atomic mass is 9.71. The number of hydrogen-bond donors (Lipinski definition) is 0. The Hall–Kier alpha value is -1.04. The van der Waals surface area contributed by atoms with Gasteiger partial charge in [-0.1, -0.05) is 27.4 Å². The normalized spacial score (nSPS) is 26.1. The van der Waals surface area contributed by atoms with Crippen LogP contribution in [0.4, 0.5) is 13.2 Å². The summed E-state index contributed by atoms with van der Waals surface area (Å²) in [7, 11) is 0. The molecule has 0 heterocycles. The fourth-order valence-corrected chi connectivity index (χ4v) is 2.55. The van der Waals surface area contributed by atoms with Crippen molar-refractivity contribution in [2.45, 2.75) is 52.3 Å².